The van der Waals surface area contributed by atoms with Crippen LogP contribution in [0.15, 0.2) is 12.7 Å². The van der Waals surface area contributed by atoms with E-state index < -0.39 is 0 Å². The lowest BCUT2D eigenvalue weighted by Gasteiger charge is -2.24. The fourth-order valence-electron chi connectivity index (χ4n) is 0.577. The molecule has 0 aromatic carbocycles. The fraction of sp³-hybridized carbons (Fsp3) is 0.778. The summed E-state index contributed by atoms with van der Waals surface area (Å²) < 4.78 is 0. The van der Waals surface area contributed by atoms with Crippen molar-refractivity contribution in [3.05, 3.63) is 12.7 Å². The van der Waals surface area contributed by atoms with Crippen LogP contribution in [0.25, 0.3) is 0 Å². The third kappa shape index (κ3) is 4.99. The highest BCUT2D eigenvalue weighted by Gasteiger charge is 2.14. The second kappa shape index (κ2) is 4.52. The summed E-state index contributed by atoms with van der Waals surface area (Å²) in [5, 5.41) is 12.1. The molecule has 0 saturated carbocycles. The van der Waals surface area contributed by atoms with E-state index in [0.29, 0.717) is 5.92 Å². The van der Waals surface area contributed by atoms with Gasteiger partial charge in [-0.2, -0.15) is 0 Å². The molecule has 2 nitrogen and oxygen atoms in total. The standard InChI is InChI=1S/C9H19NO/c1-5-8(2)6-10-9(3,4)7-11/h5,8,10-11H,1,6-7H2,2-4H3. The van der Waals surface area contributed by atoms with Crippen molar-refractivity contribution in [2.75, 3.05) is 13.2 Å². The second-order valence-corrected chi connectivity index (χ2v) is 3.64. The lowest BCUT2D eigenvalue weighted by atomic mass is 10.1. The van der Waals surface area contributed by atoms with Crippen LogP contribution < -0.4 is 5.32 Å². The van der Waals surface area contributed by atoms with E-state index in [1.54, 1.807) is 0 Å². The highest BCUT2D eigenvalue weighted by Crippen LogP contribution is 2.01. The predicted molar refractivity (Wildman–Crippen MR) is 48.5 cm³/mol. The molecule has 0 amide bonds. The summed E-state index contributed by atoms with van der Waals surface area (Å²) in [6.45, 7) is 10.8. The van der Waals surface area contributed by atoms with Crippen LogP contribution >= 0.6 is 0 Å². The molecule has 0 fully saturated rings. The van der Waals surface area contributed by atoms with Gasteiger partial charge in [0, 0.05) is 12.1 Å². The van der Waals surface area contributed by atoms with Crippen LogP contribution in [0.1, 0.15) is 20.8 Å². The smallest absolute Gasteiger partial charge is 0.0607 e. The van der Waals surface area contributed by atoms with Crippen molar-refractivity contribution in [1.82, 2.24) is 5.32 Å². The van der Waals surface area contributed by atoms with Crippen LogP contribution in [0.5, 0.6) is 0 Å². The van der Waals surface area contributed by atoms with Gasteiger partial charge in [0.1, 0.15) is 0 Å². The van der Waals surface area contributed by atoms with Crippen molar-refractivity contribution < 1.29 is 5.11 Å². The van der Waals surface area contributed by atoms with Crippen molar-refractivity contribution in [1.29, 1.82) is 0 Å². The quantitative estimate of drug-likeness (QED) is 0.587. The molecule has 66 valence electrons. The summed E-state index contributed by atoms with van der Waals surface area (Å²) in [6, 6.07) is 0. The Kier molecular flexibility index (Phi) is 4.38. The number of aliphatic hydroxyl groups excluding tert-OH is 1. The first-order valence-corrected chi connectivity index (χ1v) is 4.00. The van der Waals surface area contributed by atoms with Gasteiger partial charge < -0.3 is 10.4 Å². The van der Waals surface area contributed by atoms with Crippen LogP contribution in [0, 0.1) is 5.92 Å². The topological polar surface area (TPSA) is 32.3 Å². The molecule has 1 atom stereocenters. The molecule has 0 rings (SSSR count). The molecule has 2 heteroatoms. The van der Waals surface area contributed by atoms with E-state index in [-0.39, 0.29) is 12.1 Å². The molecule has 1 unspecified atom stereocenters. The first-order chi connectivity index (χ1) is 5.02. The average molecular weight is 157 g/mol. The van der Waals surface area contributed by atoms with Gasteiger partial charge in [-0.3, -0.25) is 0 Å². The van der Waals surface area contributed by atoms with Gasteiger partial charge in [0.15, 0.2) is 0 Å². The zero-order chi connectivity index (χ0) is 8.91. The Labute approximate surface area is 69.3 Å². The van der Waals surface area contributed by atoms with Crippen molar-refractivity contribution in [2.45, 2.75) is 26.3 Å². The molecular weight excluding hydrogens is 138 g/mol. The Morgan fingerprint density at radius 3 is 2.55 bits per heavy atom. The Hall–Kier alpha value is -0.340. The highest BCUT2D eigenvalue weighted by molar-refractivity contribution is 4.82. The SMILES string of the molecule is C=CC(C)CNC(C)(C)CO. The van der Waals surface area contributed by atoms with Crippen molar-refractivity contribution in [3.63, 3.8) is 0 Å². The van der Waals surface area contributed by atoms with Crippen molar-refractivity contribution in [2.24, 2.45) is 5.92 Å². The zero-order valence-electron chi connectivity index (χ0n) is 7.72. The molecule has 2 N–H and O–H groups in total. The number of aliphatic hydroxyl groups is 1. The molecule has 0 aliphatic rings. The fourth-order valence-corrected chi connectivity index (χ4v) is 0.577. The average Bonchev–Trinajstić information content (AvgIpc) is 2.00. The van der Waals surface area contributed by atoms with E-state index in [1.807, 2.05) is 19.9 Å². The molecule has 0 aromatic heterocycles. The normalized spacial score (nSPS) is 14.5. The van der Waals surface area contributed by atoms with Gasteiger partial charge in [-0.25, -0.2) is 0 Å². The van der Waals surface area contributed by atoms with E-state index in [1.165, 1.54) is 0 Å². The third-order valence-electron chi connectivity index (χ3n) is 1.70. The maximum atomic E-state index is 8.89. The predicted octanol–water partition coefficient (Wildman–Crippen LogP) is 1.17. The molecule has 0 radical (unpaired) electrons. The van der Waals surface area contributed by atoms with E-state index in [9.17, 15) is 0 Å². The summed E-state index contributed by atoms with van der Waals surface area (Å²) in [5.41, 5.74) is -0.169. The Morgan fingerprint density at radius 2 is 2.18 bits per heavy atom. The minimum Gasteiger partial charge on any atom is -0.394 e. The molecule has 0 aliphatic heterocycles. The molecule has 11 heavy (non-hydrogen) atoms. The summed E-state index contributed by atoms with van der Waals surface area (Å²) in [4.78, 5) is 0. The Morgan fingerprint density at radius 1 is 1.64 bits per heavy atom. The van der Waals surface area contributed by atoms with Gasteiger partial charge in [0.05, 0.1) is 6.61 Å². The largest absolute Gasteiger partial charge is 0.394 e. The zero-order valence-corrected chi connectivity index (χ0v) is 7.72. The minimum atomic E-state index is -0.169. The highest BCUT2D eigenvalue weighted by atomic mass is 16.3. The Balaban J connectivity index is 3.60. The van der Waals surface area contributed by atoms with Gasteiger partial charge in [-0.1, -0.05) is 13.0 Å². The molecule has 0 spiro atoms. The number of hydrogen-bond acceptors (Lipinski definition) is 2. The lowest BCUT2D eigenvalue weighted by Crippen LogP contribution is -2.44. The van der Waals surface area contributed by atoms with Gasteiger partial charge in [0.25, 0.3) is 0 Å². The first kappa shape index (κ1) is 10.7. The molecule has 0 heterocycles. The van der Waals surface area contributed by atoms with Crippen LogP contribution in [0.4, 0.5) is 0 Å². The van der Waals surface area contributed by atoms with Crippen LogP contribution in [-0.2, 0) is 0 Å². The van der Waals surface area contributed by atoms with Gasteiger partial charge >= 0.3 is 0 Å². The van der Waals surface area contributed by atoms with Crippen LogP contribution in [0.3, 0.4) is 0 Å². The van der Waals surface area contributed by atoms with Crippen molar-refractivity contribution >= 4 is 0 Å². The van der Waals surface area contributed by atoms with E-state index in [2.05, 4.69) is 18.8 Å². The van der Waals surface area contributed by atoms with Gasteiger partial charge in [-0.15, -0.1) is 6.58 Å². The summed E-state index contributed by atoms with van der Waals surface area (Å²) in [7, 11) is 0. The van der Waals surface area contributed by atoms with Gasteiger partial charge in [0.2, 0.25) is 0 Å². The summed E-state index contributed by atoms with van der Waals surface area (Å²) in [5.74, 6) is 0.459. The molecule has 0 aromatic rings. The number of nitrogens with one attached hydrogen (secondary N) is 1. The first-order valence-electron chi connectivity index (χ1n) is 4.00. The van der Waals surface area contributed by atoms with E-state index in [0.717, 1.165) is 6.54 Å². The third-order valence-corrected chi connectivity index (χ3v) is 1.70. The number of hydrogen-bond donors (Lipinski definition) is 2. The van der Waals surface area contributed by atoms with E-state index >= 15 is 0 Å². The maximum Gasteiger partial charge on any atom is 0.0607 e. The van der Waals surface area contributed by atoms with Crippen molar-refractivity contribution in [3.8, 4) is 0 Å². The second-order valence-electron chi connectivity index (χ2n) is 3.64. The van der Waals surface area contributed by atoms with E-state index in [4.69, 9.17) is 5.11 Å². The minimum absolute atomic E-state index is 0.164. The molecular formula is C9H19NO. The van der Waals surface area contributed by atoms with Crippen LogP contribution in [-0.4, -0.2) is 23.8 Å². The Bertz CT molecular complexity index is 121. The van der Waals surface area contributed by atoms with Gasteiger partial charge in [-0.05, 0) is 19.8 Å². The van der Waals surface area contributed by atoms with Crippen LogP contribution in [0.2, 0.25) is 0 Å². The maximum absolute atomic E-state index is 8.89. The monoisotopic (exact) mass is 157 g/mol. The molecule has 0 saturated heterocycles. The summed E-state index contributed by atoms with van der Waals surface area (Å²) >= 11 is 0. The molecule has 0 aliphatic carbocycles. The number of rotatable bonds is 5. The summed E-state index contributed by atoms with van der Waals surface area (Å²) in [6.07, 6.45) is 1.90. The molecule has 0 bridgehead atoms. The lowest BCUT2D eigenvalue weighted by molar-refractivity contribution is 0.186.